The van der Waals surface area contributed by atoms with Crippen LogP contribution in [0.2, 0.25) is 0 Å². The smallest absolute Gasteiger partial charge is 0.255 e. The number of carbonyl (C=O) groups is 1. The summed E-state index contributed by atoms with van der Waals surface area (Å²) in [5, 5.41) is 3.24. The first-order valence-corrected chi connectivity index (χ1v) is 11.5. The van der Waals surface area contributed by atoms with E-state index < -0.39 is 0 Å². The van der Waals surface area contributed by atoms with Gasteiger partial charge in [-0.25, -0.2) is 0 Å². The summed E-state index contributed by atoms with van der Waals surface area (Å²) < 4.78 is 0. The fourth-order valence-corrected chi connectivity index (χ4v) is 6.74. The number of benzene rings is 2. The van der Waals surface area contributed by atoms with E-state index in [2.05, 4.69) is 29.3 Å². The molecule has 0 radical (unpaired) electrons. The molecular weight excluding hydrogens is 356 g/mol. The number of nitrogens with zero attached hydrogens (tertiary/aromatic N) is 1. The van der Waals surface area contributed by atoms with Gasteiger partial charge in [-0.15, -0.1) is 0 Å². The van der Waals surface area contributed by atoms with E-state index in [1.807, 2.05) is 24.3 Å². The zero-order chi connectivity index (χ0) is 19.5. The van der Waals surface area contributed by atoms with Crippen LogP contribution in [0.4, 0.5) is 11.4 Å². The van der Waals surface area contributed by atoms with Crippen LogP contribution in [0, 0.1) is 18.8 Å². The van der Waals surface area contributed by atoms with Crippen molar-refractivity contribution in [1.29, 1.82) is 0 Å². The molecule has 0 saturated heterocycles. The van der Waals surface area contributed by atoms with Gasteiger partial charge in [0, 0.05) is 30.0 Å². The number of hydrogen-bond acceptors (Lipinski definition) is 2. The highest BCUT2D eigenvalue weighted by Crippen LogP contribution is 2.56. The third-order valence-corrected chi connectivity index (χ3v) is 8.08. The Balaban J connectivity index is 1.41. The van der Waals surface area contributed by atoms with E-state index in [0.29, 0.717) is 11.8 Å². The molecule has 3 nitrogen and oxygen atoms in total. The molecule has 2 aliphatic carbocycles. The Bertz CT molecular complexity index is 918. The maximum Gasteiger partial charge on any atom is 0.255 e. The minimum absolute atomic E-state index is 0.00608. The fraction of sp³-hybridized carbons (Fsp3) is 0.500. The molecule has 2 aromatic carbocycles. The lowest BCUT2D eigenvalue weighted by molar-refractivity contribution is 0.102. The second-order valence-corrected chi connectivity index (χ2v) is 9.82. The standard InChI is InChI=1S/C26H30N2O/c1-16-8-10-17(11-9-16)26(29)27-20-12-23-21-6-2-4-18(21)14-28-15-19-5-3-7-22(19)24(13-20)25(23)28/h8-13,18-19,21-22H,2-7,14-15H2,1H3,(H,27,29)/t18-,19+,21-,22-/m0/s1. The Morgan fingerprint density at radius 2 is 1.48 bits per heavy atom. The Labute approximate surface area is 173 Å². The van der Waals surface area contributed by atoms with Crippen LogP contribution in [-0.2, 0) is 0 Å². The van der Waals surface area contributed by atoms with Crippen molar-refractivity contribution in [3.8, 4) is 0 Å². The molecule has 0 unspecified atom stereocenters. The number of rotatable bonds is 2. The molecule has 2 aliphatic heterocycles. The first-order valence-electron chi connectivity index (χ1n) is 11.5. The van der Waals surface area contributed by atoms with Crippen LogP contribution in [0.1, 0.15) is 77.4 Å². The molecule has 1 N–H and O–H groups in total. The number of carbonyl (C=O) groups excluding carboxylic acids is 1. The van der Waals surface area contributed by atoms with Gasteiger partial charge in [-0.05, 0) is 91.7 Å². The highest BCUT2D eigenvalue weighted by atomic mass is 16.1. The highest BCUT2D eigenvalue weighted by molar-refractivity contribution is 6.04. The summed E-state index contributed by atoms with van der Waals surface area (Å²) in [6.07, 6.45) is 8.06. The molecule has 2 saturated carbocycles. The van der Waals surface area contributed by atoms with Crippen LogP contribution in [0.15, 0.2) is 36.4 Å². The second kappa shape index (κ2) is 6.62. The van der Waals surface area contributed by atoms with Gasteiger partial charge in [0.05, 0.1) is 0 Å². The van der Waals surface area contributed by atoms with Gasteiger partial charge in [0.1, 0.15) is 0 Å². The van der Waals surface area contributed by atoms with Gasteiger partial charge >= 0.3 is 0 Å². The molecule has 0 bridgehead atoms. The first-order chi connectivity index (χ1) is 14.2. The third-order valence-electron chi connectivity index (χ3n) is 8.08. The molecule has 0 aromatic heterocycles. The summed E-state index contributed by atoms with van der Waals surface area (Å²) in [6, 6.07) is 12.5. The Hall–Kier alpha value is -2.29. The van der Waals surface area contributed by atoms with Gasteiger partial charge in [0.25, 0.3) is 5.91 Å². The van der Waals surface area contributed by atoms with E-state index in [1.54, 1.807) is 5.69 Å². The van der Waals surface area contributed by atoms with Crippen molar-refractivity contribution in [2.75, 3.05) is 23.3 Å². The normalized spacial score (nSPS) is 29.2. The lowest BCUT2D eigenvalue weighted by Crippen LogP contribution is -2.43. The topological polar surface area (TPSA) is 32.3 Å². The number of fused-ring (bicyclic) bond motifs is 4. The first kappa shape index (κ1) is 17.6. The molecule has 4 aliphatic rings. The largest absolute Gasteiger partial charge is 0.370 e. The van der Waals surface area contributed by atoms with Crippen LogP contribution in [0.25, 0.3) is 0 Å². The number of hydrogen-bond donors (Lipinski definition) is 1. The van der Waals surface area contributed by atoms with Crippen molar-refractivity contribution in [3.63, 3.8) is 0 Å². The van der Waals surface area contributed by atoms with E-state index in [4.69, 9.17) is 0 Å². The molecule has 4 atom stereocenters. The Morgan fingerprint density at radius 3 is 2.07 bits per heavy atom. The summed E-state index contributed by atoms with van der Waals surface area (Å²) in [5.41, 5.74) is 7.52. The van der Waals surface area contributed by atoms with Crippen molar-refractivity contribution in [2.24, 2.45) is 11.8 Å². The molecule has 1 amide bonds. The predicted molar refractivity (Wildman–Crippen MR) is 118 cm³/mol. The zero-order valence-corrected chi connectivity index (χ0v) is 17.3. The minimum atomic E-state index is 0.00608. The Morgan fingerprint density at radius 1 is 0.897 bits per heavy atom. The predicted octanol–water partition coefficient (Wildman–Crippen LogP) is 5.85. The second-order valence-electron chi connectivity index (χ2n) is 9.82. The fourth-order valence-electron chi connectivity index (χ4n) is 6.74. The SMILES string of the molecule is Cc1ccc(C(=O)Nc2cc3c4c(c2)[C@H]2CCC[C@H]2CN4C[C@H]2CCC[C@H]32)cc1. The average molecular weight is 387 g/mol. The van der Waals surface area contributed by atoms with Crippen molar-refractivity contribution in [2.45, 2.75) is 57.3 Å². The van der Waals surface area contributed by atoms with Gasteiger partial charge in [-0.2, -0.15) is 0 Å². The lowest BCUT2D eigenvalue weighted by atomic mass is 9.75. The molecule has 0 spiro atoms. The summed E-state index contributed by atoms with van der Waals surface area (Å²) in [4.78, 5) is 15.6. The monoisotopic (exact) mass is 386 g/mol. The number of aryl methyl sites for hydroxylation is 1. The molecule has 2 aromatic rings. The van der Waals surface area contributed by atoms with E-state index in [0.717, 1.165) is 23.1 Å². The molecule has 2 fully saturated rings. The van der Waals surface area contributed by atoms with Gasteiger partial charge in [-0.1, -0.05) is 30.5 Å². The van der Waals surface area contributed by atoms with Crippen molar-refractivity contribution < 1.29 is 4.79 Å². The quantitative estimate of drug-likeness (QED) is 0.702. The summed E-state index contributed by atoms with van der Waals surface area (Å²) in [5.74, 6) is 2.99. The third kappa shape index (κ3) is 2.81. The maximum atomic E-state index is 12.9. The van der Waals surface area contributed by atoms with Gasteiger partial charge in [0.2, 0.25) is 0 Å². The van der Waals surface area contributed by atoms with Gasteiger partial charge < -0.3 is 10.2 Å². The molecule has 3 heteroatoms. The van der Waals surface area contributed by atoms with Crippen LogP contribution >= 0.6 is 0 Å². The van der Waals surface area contributed by atoms with Gasteiger partial charge in [-0.3, -0.25) is 4.79 Å². The molecule has 2 heterocycles. The van der Waals surface area contributed by atoms with Gasteiger partial charge in [0.15, 0.2) is 0 Å². The lowest BCUT2D eigenvalue weighted by Gasteiger charge is -2.46. The van der Waals surface area contributed by atoms with Crippen LogP contribution in [0.5, 0.6) is 0 Å². The highest BCUT2D eigenvalue weighted by Gasteiger charge is 2.44. The summed E-state index contributed by atoms with van der Waals surface area (Å²) in [7, 11) is 0. The van der Waals surface area contributed by atoms with Crippen LogP contribution < -0.4 is 10.2 Å². The Kier molecular flexibility index (Phi) is 4.01. The molecular formula is C26H30N2O. The van der Waals surface area contributed by atoms with Crippen molar-refractivity contribution in [3.05, 3.63) is 58.7 Å². The molecule has 29 heavy (non-hydrogen) atoms. The van der Waals surface area contributed by atoms with Crippen LogP contribution in [0.3, 0.4) is 0 Å². The summed E-state index contributed by atoms with van der Waals surface area (Å²) >= 11 is 0. The van der Waals surface area contributed by atoms with Crippen molar-refractivity contribution in [1.82, 2.24) is 0 Å². The van der Waals surface area contributed by atoms with Crippen LogP contribution in [-0.4, -0.2) is 19.0 Å². The molecule has 6 rings (SSSR count). The number of amides is 1. The zero-order valence-electron chi connectivity index (χ0n) is 17.3. The number of nitrogens with one attached hydrogen (secondary N) is 1. The summed E-state index contributed by atoms with van der Waals surface area (Å²) in [6.45, 7) is 4.56. The number of anilines is 2. The molecule has 150 valence electrons. The van der Waals surface area contributed by atoms with E-state index in [1.165, 1.54) is 68.3 Å². The van der Waals surface area contributed by atoms with E-state index in [9.17, 15) is 4.79 Å². The maximum absolute atomic E-state index is 12.9. The van der Waals surface area contributed by atoms with E-state index >= 15 is 0 Å². The van der Waals surface area contributed by atoms with Crippen molar-refractivity contribution >= 4 is 17.3 Å². The average Bonchev–Trinajstić information content (AvgIpc) is 3.38. The minimum Gasteiger partial charge on any atom is -0.370 e. The van der Waals surface area contributed by atoms with E-state index in [-0.39, 0.29) is 5.91 Å².